The molecular weight excluding hydrogens is 192 g/mol. The topological polar surface area (TPSA) is 47.3 Å². The van der Waals surface area contributed by atoms with Crippen molar-refractivity contribution >= 4 is 11.1 Å². The van der Waals surface area contributed by atoms with Crippen LogP contribution in [-0.2, 0) is 6.54 Å². The molecule has 0 bridgehead atoms. The Balaban J connectivity index is 2.29. The Labute approximate surface area is 88.3 Å². The molecule has 1 heterocycles. The molecule has 0 aliphatic heterocycles. The summed E-state index contributed by atoms with van der Waals surface area (Å²) in [6, 6.07) is 5.62. The number of nitrogens with one attached hydrogen (secondary N) is 1. The predicted octanol–water partition coefficient (Wildman–Crippen LogP) is 1.95. The standard InChI is InChI=1S/C11H14N2O2/c1-3-12-7-11-13-9-5-4-8(14-2)6-10(9)15-11/h4-6,12H,3,7H2,1-2H3. The zero-order valence-electron chi connectivity index (χ0n) is 8.91. The normalized spacial score (nSPS) is 10.8. The molecule has 0 aliphatic rings. The lowest BCUT2D eigenvalue weighted by molar-refractivity contribution is 0.414. The average molecular weight is 206 g/mol. The highest BCUT2D eigenvalue weighted by Crippen LogP contribution is 2.21. The summed E-state index contributed by atoms with van der Waals surface area (Å²) in [6.45, 7) is 3.61. The third kappa shape index (κ3) is 2.10. The maximum atomic E-state index is 5.56. The maximum absolute atomic E-state index is 5.56. The van der Waals surface area contributed by atoms with Crippen molar-refractivity contribution in [1.29, 1.82) is 0 Å². The van der Waals surface area contributed by atoms with Gasteiger partial charge in [-0.3, -0.25) is 0 Å². The average Bonchev–Trinajstić information content (AvgIpc) is 2.67. The Kier molecular flexibility index (Phi) is 2.87. The fourth-order valence-corrected chi connectivity index (χ4v) is 1.39. The summed E-state index contributed by atoms with van der Waals surface area (Å²) in [4.78, 5) is 4.34. The number of hydrogen-bond acceptors (Lipinski definition) is 4. The van der Waals surface area contributed by atoms with Gasteiger partial charge in [0.25, 0.3) is 0 Å². The van der Waals surface area contributed by atoms with Crippen LogP contribution in [0.5, 0.6) is 5.75 Å². The number of benzene rings is 1. The first-order valence-electron chi connectivity index (χ1n) is 4.97. The molecule has 2 aromatic rings. The Morgan fingerprint density at radius 1 is 1.47 bits per heavy atom. The third-order valence-corrected chi connectivity index (χ3v) is 2.17. The van der Waals surface area contributed by atoms with E-state index in [-0.39, 0.29) is 0 Å². The molecule has 0 spiro atoms. The molecule has 0 saturated carbocycles. The number of rotatable bonds is 4. The first-order valence-corrected chi connectivity index (χ1v) is 4.97. The zero-order chi connectivity index (χ0) is 10.7. The molecule has 0 fully saturated rings. The van der Waals surface area contributed by atoms with E-state index in [4.69, 9.17) is 9.15 Å². The van der Waals surface area contributed by atoms with Crippen molar-refractivity contribution in [2.45, 2.75) is 13.5 Å². The lowest BCUT2D eigenvalue weighted by Gasteiger charge is -1.96. The summed E-state index contributed by atoms with van der Waals surface area (Å²) >= 11 is 0. The van der Waals surface area contributed by atoms with Crippen molar-refractivity contribution in [3.63, 3.8) is 0 Å². The van der Waals surface area contributed by atoms with Gasteiger partial charge in [0.05, 0.1) is 13.7 Å². The molecule has 15 heavy (non-hydrogen) atoms. The first-order chi connectivity index (χ1) is 7.33. The van der Waals surface area contributed by atoms with Crippen molar-refractivity contribution in [2.75, 3.05) is 13.7 Å². The minimum Gasteiger partial charge on any atom is -0.497 e. The highest BCUT2D eigenvalue weighted by atomic mass is 16.5. The minimum absolute atomic E-state index is 0.660. The molecule has 1 aromatic carbocycles. The number of nitrogens with zero attached hydrogens (tertiary/aromatic N) is 1. The van der Waals surface area contributed by atoms with E-state index < -0.39 is 0 Å². The van der Waals surface area contributed by atoms with E-state index in [1.54, 1.807) is 7.11 Å². The summed E-state index contributed by atoms with van der Waals surface area (Å²) in [7, 11) is 1.64. The molecule has 1 N–H and O–H groups in total. The smallest absolute Gasteiger partial charge is 0.209 e. The van der Waals surface area contributed by atoms with Gasteiger partial charge >= 0.3 is 0 Å². The van der Waals surface area contributed by atoms with Crippen LogP contribution in [0, 0.1) is 0 Å². The van der Waals surface area contributed by atoms with Gasteiger partial charge in [0.15, 0.2) is 5.58 Å². The third-order valence-electron chi connectivity index (χ3n) is 2.17. The van der Waals surface area contributed by atoms with Crippen molar-refractivity contribution < 1.29 is 9.15 Å². The predicted molar refractivity (Wildman–Crippen MR) is 57.9 cm³/mol. The summed E-state index contributed by atoms with van der Waals surface area (Å²) in [6.07, 6.45) is 0. The summed E-state index contributed by atoms with van der Waals surface area (Å²) in [5, 5.41) is 3.17. The molecule has 4 nitrogen and oxygen atoms in total. The van der Waals surface area contributed by atoms with Gasteiger partial charge in [-0.15, -0.1) is 0 Å². The van der Waals surface area contributed by atoms with Crippen molar-refractivity contribution in [1.82, 2.24) is 10.3 Å². The van der Waals surface area contributed by atoms with E-state index in [0.717, 1.165) is 23.4 Å². The van der Waals surface area contributed by atoms with Gasteiger partial charge in [0, 0.05) is 6.07 Å². The molecule has 0 aliphatic carbocycles. The molecule has 0 atom stereocenters. The monoisotopic (exact) mass is 206 g/mol. The second kappa shape index (κ2) is 4.31. The van der Waals surface area contributed by atoms with Gasteiger partial charge in [0.2, 0.25) is 5.89 Å². The number of oxazole rings is 1. The highest BCUT2D eigenvalue weighted by molar-refractivity contribution is 5.74. The highest BCUT2D eigenvalue weighted by Gasteiger charge is 2.05. The summed E-state index contributed by atoms with van der Waals surface area (Å²) in [5.41, 5.74) is 1.63. The van der Waals surface area contributed by atoms with E-state index in [0.29, 0.717) is 12.4 Å². The first kappa shape index (κ1) is 9.98. The fourth-order valence-electron chi connectivity index (χ4n) is 1.39. The van der Waals surface area contributed by atoms with Gasteiger partial charge in [0.1, 0.15) is 11.3 Å². The fraction of sp³-hybridized carbons (Fsp3) is 0.364. The Bertz CT molecular complexity index is 451. The van der Waals surface area contributed by atoms with Crippen LogP contribution in [-0.4, -0.2) is 18.6 Å². The summed E-state index contributed by atoms with van der Waals surface area (Å²) < 4.78 is 10.7. The lowest BCUT2D eigenvalue weighted by Crippen LogP contribution is -2.11. The van der Waals surface area contributed by atoms with Gasteiger partial charge in [-0.05, 0) is 18.7 Å². The number of hydrogen-bond donors (Lipinski definition) is 1. The molecule has 0 amide bonds. The maximum Gasteiger partial charge on any atom is 0.209 e. The van der Waals surface area contributed by atoms with E-state index in [9.17, 15) is 0 Å². The molecule has 4 heteroatoms. The van der Waals surface area contributed by atoms with Gasteiger partial charge in [-0.25, -0.2) is 4.98 Å². The quantitative estimate of drug-likeness (QED) is 0.830. The Morgan fingerprint density at radius 2 is 2.33 bits per heavy atom. The molecule has 0 unspecified atom stereocenters. The van der Waals surface area contributed by atoms with E-state index >= 15 is 0 Å². The van der Waals surface area contributed by atoms with Crippen LogP contribution in [0.25, 0.3) is 11.1 Å². The van der Waals surface area contributed by atoms with Crippen LogP contribution < -0.4 is 10.1 Å². The van der Waals surface area contributed by atoms with E-state index in [2.05, 4.69) is 10.3 Å². The van der Waals surface area contributed by atoms with Crippen LogP contribution >= 0.6 is 0 Å². The van der Waals surface area contributed by atoms with Gasteiger partial charge in [-0.1, -0.05) is 6.92 Å². The molecular formula is C11H14N2O2. The number of aromatic nitrogens is 1. The van der Waals surface area contributed by atoms with Gasteiger partial charge < -0.3 is 14.5 Å². The molecule has 0 radical (unpaired) electrons. The van der Waals surface area contributed by atoms with Crippen LogP contribution in [0.1, 0.15) is 12.8 Å². The zero-order valence-corrected chi connectivity index (χ0v) is 8.91. The number of methoxy groups -OCH3 is 1. The van der Waals surface area contributed by atoms with Crippen molar-refractivity contribution in [3.05, 3.63) is 24.1 Å². The Hall–Kier alpha value is -1.55. The van der Waals surface area contributed by atoms with E-state index in [1.807, 2.05) is 25.1 Å². The molecule has 1 aromatic heterocycles. The number of ether oxygens (including phenoxy) is 1. The van der Waals surface area contributed by atoms with Crippen LogP contribution in [0.2, 0.25) is 0 Å². The van der Waals surface area contributed by atoms with Crippen molar-refractivity contribution in [2.24, 2.45) is 0 Å². The van der Waals surface area contributed by atoms with Gasteiger partial charge in [-0.2, -0.15) is 0 Å². The molecule has 2 rings (SSSR count). The molecule has 80 valence electrons. The summed E-state index contributed by atoms with van der Waals surface area (Å²) in [5.74, 6) is 1.49. The van der Waals surface area contributed by atoms with Crippen molar-refractivity contribution in [3.8, 4) is 5.75 Å². The van der Waals surface area contributed by atoms with E-state index in [1.165, 1.54) is 0 Å². The molecule has 0 saturated heterocycles. The minimum atomic E-state index is 0.660. The number of fused-ring (bicyclic) bond motifs is 1. The van der Waals surface area contributed by atoms with Crippen LogP contribution in [0.15, 0.2) is 22.6 Å². The second-order valence-corrected chi connectivity index (χ2v) is 3.22. The largest absolute Gasteiger partial charge is 0.497 e. The lowest BCUT2D eigenvalue weighted by atomic mass is 10.3. The van der Waals surface area contributed by atoms with Crippen LogP contribution in [0.4, 0.5) is 0 Å². The Morgan fingerprint density at radius 3 is 3.07 bits per heavy atom. The van der Waals surface area contributed by atoms with Crippen LogP contribution in [0.3, 0.4) is 0 Å². The second-order valence-electron chi connectivity index (χ2n) is 3.22. The SMILES string of the molecule is CCNCc1nc2ccc(OC)cc2o1.